The Morgan fingerprint density at radius 1 is 1.19 bits per heavy atom. The molecule has 3 heterocycles. The van der Waals surface area contributed by atoms with E-state index in [4.69, 9.17) is 4.74 Å². The lowest BCUT2D eigenvalue weighted by molar-refractivity contribution is -0.135. The Morgan fingerprint density at radius 2 is 1.98 bits per heavy atom. The van der Waals surface area contributed by atoms with E-state index in [2.05, 4.69) is 20.9 Å². The second-order valence-electron chi connectivity index (χ2n) is 13.2. The molecule has 11 nitrogen and oxygen atoms in total. The molecular weight excluding hydrogens is 538 g/mol. The van der Waals surface area contributed by atoms with Crippen molar-refractivity contribution in [3.63, 3.8) is 0 Å². The maximum atomic E-state index is 14.1. The third-order valence-corrected chi connectivity index (χ3v) is 9.52. The van der Waals surface area contributed by atoms with Gasteiger partial charge < -0.3 is 35.7 Å². The minimum Gasteiger partial charge on any atom is -0.496 e. The SMILES string of the molecule is COc1cccc2[nH]c(C(=O)N3C[C@@H]4CCC[C@@H]4[C@H]3C(=O)N[C@@H](C[C@@H]3CC(C)(C)NC3=O)C(O)C(=O)NC3CC3)cc12. The summed E-state index contributed by atoms with van der Waals surface area (Å²) in [6.45, 7) is 4.32. The molecule has 1 aromatic carbocycles. The number of H-pyrrole nitrogens is 1. The lowest BCUT2D eigenvalue weighted by Gasteiger charge is -2.31. The monoisotopic (exact) mass is 579 g/mol. The predicted molar refractivity (Wildman–Crippen MR) is 155 cm³/mol. The number of carbonyl (C=O) groups is 4. The van der Waals surface area contributed by atoms with E-state index in [1.807, 2.05) is 32.0 Å². The molecular formula is C31H41N5O6. The minimum atomic E-state index is -1.52. The van der Waals surface area contributed by atoms with Gasteiger partial charge in [0.25, 0.3) is 11.8 Å². The first-order chi connectivity index (χ1) is 20.0. The van der Waals surface area contributed by atoms with Gasteiger partial charge in [-0.25, -0.2) is 0 Å². The van der Waals surface area contributed by atoms with Gasteiger partial charge in [-0.05, 0) is 82.4 Å². The third-order valence-electron chi connectivity index (χ3n) is 9.52. The number of rotatable bonds is 9. The second-order valence-corrected chi connectivity index (χ2v) is 13.2. The smallest absolute Gasteiger partial charge is 0.271 e. The topological polar surface area (TPSA) is 153 Å². The molecule has 2 saturated carbocycles. The Kier molecular flexibility index (Phi) is 7.41. The highest BCUT2D eigenvalue weighted by Gasteiger charge is 2.51. The number of aliphatic hydroxyl groups excluding tert-OH is 1. The average Bonchev–Trinajstić information content (AvgIpc) is 3.26. The molecule has 6 rings (SSSR count). The lowest BCUT2D eigenvalue weighted by atomic mass is 9.89. The van der Waals surface area contributed by atoms with E-state index in [0.29, 0.717) is 24.4 Å². The summed E-state index contributed by atoms with van der Waals surface area (Å²) in [6.07, 6.45) is 3.59. The number of likely N-dealkylation sites (tertiary alicyclic amines) is 1. The number of nitrogens with zero attached hydrogens (tertiary/aromatic N) is 1. The largest absolute Gasteiger partial charge is 0.496 e. The summed E-state index contributed by atoms with van der Waals surface area (Å²) in [4.78, 5) is 58.5. The van der Waals surface area contributed by atoms with E-state index in [1.165, 1.54) is 0 Å². The van der Waals surface area contributed by atoms with E-state index >= 15 is 0 Å². The van der Waals surface area contributed by atoms with Gasteiger partial charge in [-0.1, -0.05) is 12.5 Å². The standard InChI is InChI=1S/C31H41N5O6/c1-31(2)14-17(27(38)35-31)12-22(26(37)29(40)32-18-10-11-18)34-28(39)25-19-7-4-6-16(19)15-36(25)30(41)23-13-20-21(33-23)8-5-9-24(20)42-3/h5,8-9,13,16-19,22,25-26,33,37H,4,6-7,10-12,14-15H2,1-3H3,(H,32,40)(H,34,39)(H,35,38)/t16-,17+,19-,22-,25-,26?/m0/s1. The summed E-state index contributed by atoms with van der Waals surface area (Å²) in [5, 5.41) is 20.6. The normalized spacial score (nSPS) is 27.8. The van der Waals surface area contributed by atoms with Crippen LogP contribution in [0.25, 0.3) is 10.9 Å². The van der Waals surface area contributed by atoms with Gasteiger partial charge in [0.1, 0.15) is 17.5 Å². The van der Waals surface area contributed by atoms with Crippen molar-refractivity contribution in [3.05, 3.63) is 30.0 Å². The van der Waals surface area contributed by atoms with Gasteiger partial charge in [-0.2, -0.15) is 0 Å². The molecule has 42 heavy (non-hydrogen) atoms. The van der Waals surface area contributed by atoms with Crippen LogP contribution in [-0.2, 0) is 14.4 Å². The average molecular weight is 580 g/mol. The number of carbonyl (C=O) groups excluding carboxylic acids is 4. The Morgan fingerprint density at radius 3 is 2.67 bits per heavy atom. The van der Waals surface area contributed by atoms with Gasteiger partial charge in [0.05, 0.1) is 13.2 Å². The van der Waals surface area contributed by atoms with Crippen LogP contribution >= 0.6 is 0 Å². The molecule has 2 saturated heterocycles. The van der Waals surface area contributed by atoms with Crippen molar-refractivity contribution < 1.29 is 29.0 Å². The molecule has 11 heteroatoms. The molecule has 0 bridgehead atoms. The molecule has 1 aromatic heterocycles. The van der Waals surface area contributed by atoms with Crippen LogP contribution in [0.2, 0.25) is 0 Å². The van der Waals surface area contributed by atoms with Crippen molar-refractivity contribution in [1.29, 1.82) is 0 Å². The minimum absolute atomic E-state index is 0.0142. The number of hydrogen-bond acceptors (Lipinski definition) is 6. The van der Waals surface area contributed by atoms with E-state index in [9.17, 15) is 24.3 Å². The fraction of sp³-hybridized carbons (Fsp3) is 0.613. The molecule has 1 unspecified atom stereocenters. The van der Waals surface area contributed by atoms with Gasteiger partial charge in [0.15, 0.2) is 6.10 Å². The van der Waals surface area contributed by atoms with Crippen LogP contribution in [0.3, 0.4) is 0 Å². The molecule has 2 aliphatic heterocycles. The van der Waals surface area contributed by atoms with Crippen molar-refractivity contribution in [2.75, 3.05) is 13.7 Å². The number of methoxy groups -OCH3 is 1. The summed E-state index contributed by atoms with van der Waals surface area (Å²) in [6, 6.07) is 5.63. The molecule has 0 radical (unpaired) electrons. The van der Waals surface area contributed by atoms with Gasteiger partial charge in [-0.3, -0.25) is 19.2 Å². The van der Waals surface area contributed by atoms with Crippen LogP contribution in [0.4, 0.5) is 0 Å². The number of benzene rings is 1. The second kappa shape index (κ2) is 10.9. The van der Waals surface area contributed by atoms with E-state index < -0.39 is 41.5 Å². The maximum Gasteiger partial charge on any atom is 0.271 e. The third kappa shape index (κ3) is 5.46. The zero-order valence-electron chi connectivity index (χ0n) is 24.4. The van der Waals surface area contributed by atoms with Gasteiger partial charge in [0, 0.05) is 34.9 Å². The van der Waals surface area contributed by atoms with Gasteiger partial charge >= 0.3 is 0 Å². The van der Waals surface area contributed by atoms with Crippen molar-refractivity contribution in [3.8, 4) is 5.75 Å². The number of aromatic nitrogens is 1. The van der Waals surface area contributed by atoms with E-state index in [-0.39, 0.29) is 36.1 Å². The Balaban J connectivity index is 1.25. The first kappa shape index (κ1) is 28.5. The van der Waals surface area contributed by atoms with E-state index in [1.54, 1.807) is 18.1 Å². The number of hydrogen-bond donors (Lipinski definition) is 5. The summed E-state index contributed by atoms with van der Waals surface area (Å²) < 4.78 is 5.46. The zero-order chi connectivity index (χ0) is 29.8. The fourth-order valence-corrected chi connectivity index (χ4v) is 7.35. The maximum absolute atomic E-state index is 14.1. The number of nitrogens with one attached hydrogen (secondary N) is 4. The van der Waals surface area contributed by atoms with Crippen LogP contribution < -0.4 is 20.7 Å². The quantitative estimate of drug-likeness (QED) is 0.306. The van der Waals surface area contributed by atoms with Crippen LogP contribution in [0.15, 0.2) is 24.3 Å². The molecule has 226 valence electrons. The summed E-state index contributed by atoms with van der Waals surface area (Å²) in [7, 11) is 1.58. The van der Waals surface area contributed by atoms with Crippen LogP contribution in [0, 0.1) is 17.8 Å². The summed E-state index contributed by atoms with van der Waals surface area (Å²) >= 11 is 0. The number of aromatic amines is 1. The number of ether oxygens (including phenoxy) is 1. The van der Waals surface area contributed by atoms with Crippen molar-refractivity contribution in [2.45, 2.75) is 88.6 Å². The molecule has 0 spiro atoms. The zero-order valence-corrected chi connectivity index (χ0v) is 24.4. The van der Waals surface area contributed by atoms with Crippen LogP contribution in [0.5, 0.6) is 5.75 Å². The van der Waals surface area contributed by atoms with Crippen molar-refractivity contribution in [1.82, 2.24) is 25.8 Å². The summed E-state index contributed by atoms with van der Waals surface area (Å²) in [5.74, 6) is -1.00. The molecule has 4 aliphatic rings. The molecule has 4 fully saturated rings. The molecule has 6 atom stereocenters. The molecule has 4 amide bonds. The van der Waals surface area contributed by atoms with Crippen LogP contribution in [0.1, 0.15) is 69.3 Å². The van der Waals surface area contributed by atoms with E-state index in [0.717, 1.165) is 43.0 Å². The molecule has 2 aromatic rings. The first-order valence-electron chi connectivity index (χ1n) is 15.1. The first-order valence-corrected chi connectivity index (χ1v) is 15.1. The highest BCUT2D eigenvalue weighted by molar-refractivity contribution is 6.02. The highest BCUT2D eigenvalue weighted by Crippen LogP contribution is 2.43. The predicted octanol–water partition coefficient (Wildman–Crippen LogP) is 1.85. The highest BCUT2D eigenvalue weighted by atomic mass is 16.5. The number of amides is 4. The van der Waals surface area contributed by atoms with Gasteiger partial charge in [0.2, 0.25) is 11.8 Å². The Labute approximate surface area is 245 Å². The van der Waals surface area contributed by atoms with Crippen molar-refractivity contribution >= 4 is 34.5 Å². The van der Waals surface area contributed by atoms with Crippen LogP contribution in [-0.4, -0.2) is 82.0 Å². The molecule has 2 aliphatic carbocycles. The van der Waals surface area contributed by atoms with Crippen molar-refractivity contribution in [2.24, 2.45) is 17.8 Å². The lowest BCUT2D eigenvalue weighted by Crippen LogP contribution is -2.57. The Hall–Kier alpha value is -3.60. The number of aliphatic hydroxyl groups is 1. The summed E-state index contributed by atoms with van der Waals surface area (Å²) in [5.41, 5.74) is 0.726. The molecule has 5 N–H and O–H groups in total. The fourth-order valence-electron chi connectivity index (χ4n) is 7.35. The number of fused-ring (bicyclic) bond motifs is 2. The Bertz CT molecular complexity index is 1400. The van der Waals surface area contributed by atoms with Gasteiger partial charge in [-0.15, -0.1) is 0 Å².